The minimum Gasteiger partial charge on any atom is -0.342 e. The molecule has 1 aliphatic carbocycles. The molecule has 0 aromatic carbocycles. The van der Waals surface area contributed by atoms with E-state index >= 15 is 0 Å². The second kappa shape index (κ2) is 5.88. The van der Waals surface area contributed by atoms with E-state index in [0.29, 0.717) is 17.4 Å². The first-order valence-corrected chi connectivity index (χ1v) is 8.36. The Morgan fingerprint density at radius 1 is 1.35 bits per heavy atom. The smallest absolute Gasteiger partial charge is 0.225 e. The average molecular weight is 276 g/mol. The van der Waals surface area contributed by atoms with Crippen LogP contribution >= 0.6 is 0 Å². The lowest BCUT2D eigenvalue weighted by Crippen LogP contribution is -2.50. The van der Waals surface area contributed by atoms with E-state index in [9.17, 15) is 4.79 Å². The highest BCUT2D eigenvalue weighted by Crippen LogP contribution is 2.41. The van der Waals surface area contributed by atoms with E-state index in [2.05, 4.69) is 29.3 Å². The van der Waals surface area contributed by atoms with Gasteiger partial charge in [0.15, 0.2) is 0 Å². The van der Waals surface area contributed by atoms with Gasteiger partial charge < -0.3 is 10.2 Å². The van der Waals surface area contributed by atoms with Gasteiger partial charge in [0.2, 0.25) is 5.91 Å². The number of allylic oxidation sites excluding steroid dienone is 2. The van der Waals surface area contributed by atoms with Gasteiger partial charge in [-0.25, -0.2) is 0 Å². The van der Waals surface area contributed by atoms with Crippen molar-refractivity contribution < 1.29 is 4.79 Å². The molecule has 3 heteroatoms. The molecule has 1 N–H and O–H groups in total. The average Bonchev–Trinajstić information content (AvgIpc) is 2.47. The Hall–Kier alpha value is -0.830. The molecule has 1 spiro atoms. The van der Waals surface area contributed by atoms with Crippen molar-refractivity contribution in [1.82, 2.24) is 10.2 Å². The third-order valence-electron chi connectivity index (χ3n) is 5.50. The first kappa shape index (κ1) is 14.1. The zero-order valence-corrected chi connectivity index (χ0v) is 12.7. The Balaban J connectivity index is 1.64. The van der Waals surface area contributed by atoms with E-state index in [1.807, 2.05) is 0 Å². The Kier molecular flexibility index (Phi) is 4.16. The Morgan fingerprint density at radius 2 is 2.25 bits per heavy atom. The summed E-state index contributed by atoms with van der Waals surface area (Å²) >= 11 is 0. The predicted molar refractivity (Wildman–Crippen MR) is 81.4 cm³/mol. The highest BCUT2D eigenvalue weighted by atomic mass is 16.2. The van der Waals surface area contributed by atoms with Gasteiger partial charge in [-0.3, -0.25) is 4.79 Å². The molecule has 3 nitrogen and oxygen atoms in total. The Morgan fingerprint density at radius 3 is 3.00 bits per heavy atom. The summed E-state index contributed by atoms with van der Waals surface area (Å²) in [7, 11) is 0. The highest BCUT2D eigenvalue weighted by molar-refractivity contribution is 5.79. The van der Waals surface area contributed by atoms with Crippen molar-refractivity contribution in [2.24, 2.45) is 11.3 Å². The van der Waals surface area contributed by atoms with E-state index in [0.717, 1.165) is 32.5 Å². The van der Waals surface area contributed by atoms with Crippen LogP contribution in [0.1, 0.15) is 51.9 Å². The third-order valence-corrected chi connectivity index (χ3v) is 5.50. The number of amides is 1. The van der Waals surface area contributed by atoms with Crippen LogP contribution in [0.15, 0.2) is 12.2 Å². The van der Waals surface area contributed by atoms with Crippen LogP contribution in [0.4, 0.5) is 0 Å². The molecule has 0 aromatic rings. The molecular formula is C17H28N2O. The summed E-state index contributed by atoms with van der Waals surface area (Å²) in [6.45, 7) is 5.19. The number of hydrogen-bond acceptors (Lipinski definition) is 2. The van der Waals surface area contributed by atoms with Crippen molar-refractivity contribution in [3.8, 4) is 0 Å². The fraction of sp³-hybridized carbons (Fsp3) is 0.824. The molecule has 112 valence electrons. The molecule has 0 aromatic heterocycles. The molecule has 3 aliphatic rings. The van der Waals surface area contributed by atoms with Crippen LogP contribution in [-0.2, 0) is 4.79 Å². The zero-order chi connectivity index (χ0) is 14.0. The Bertz CT molecular complexity index is 392. The fourth-order valence-electron chi connectivity index (χ4n) is 4.32. The van der Waals surface area contributed by atoms with Gasteiger partial charge >= 0.3 is 0 Å². The van der Waals surface area contributed by atoms with Crippen molar-refractivity contribution in [3.63, 3.8) is 0 Å². The quantitative estimate of drug-likeness (QED) is 0.747. The van der Waals surface area contributed by atoms with Gasteiger partial charge in [-0.15, -0.1) is 0 Å². The van der Waals surface area contributed by atoms with Gasteiger partial charge in [0, 0.05) is 25.0 Å². The predicted octanol–water partition coefficient (Wildman–Crippen LogP) is 2.72. The molecule has 2 aliphatic heterocycles. The second-order valence-corrected chi connectivity index (χ2v) is 7.15. The van der Waals surface area contributed by atoms with Gasteiger partial charge in [-0.1, -0.05) is 12.2 Å². The number of rotatable bonds is 1. The molecule has 2 fully saturated rings. The SMILES string of the molecule is C[C@H]1C[C@@H](C(=O)N2CCCC3(CC=CCC3)C2)CCN1. The van der Waals surface area contributed by atoms with Crippen LogP contribution in [0.5, 0.6) is 0 Å². The number of carbonyl (C=O) groups excluding carboxylic acids is 1. The van der Waals surface area contributed by atoms with Gasteiger partial charge in [-0.05, 0) is 63.8 Å². The highest BCUT2D eigenvalue weighted by Gasteiger charge is 2.38. The number of carbonyl (C=O) groups is 1. The maximum Gasteiger partial charge on any atom is 0.225 e. The summed E-state index contributed by atoms with van der Waals surface area (Å²) in [4.78, 5) is 15.0. The number of likely N-dealkylation sites (tertiary alicyclic amines) is 1. The molecule has 1 amide bonds. The lowest BCUT2D eigenvalue weighted by Gasteiger charge is -2.45. The molecule has 3 atom stereocenters. The van der Waals surface area contributed by atoms with Crippen LogP contribution in [0.25, 0.3) is 0 Å². The molecule has 0 bridgehead atoms. The molecule has 3 rings (SSSR count). The van der Waals surface area contributed by atoms with Crippen LogP contribution in [0.2, 0.25) is 0 Å². The molecule has 1 unspecified atom stereocenters. The Labute approximate surface area is 122 Å². The van der Waals surface area contributed by atoms with E-state index in [1.54, 1.807) is 0 Å². The van der Waals surface area contributed by atoms with Crippen LogP contribution in [0.3, 0.4) is 0 Å². The molecule has 2 saturated heterocycles. The number of piperidine rings is 2. The summed E-state index contributed by atoms with van der Waals surface area (Å²) in [6.07, 6.45) is 12.8. The van der Waals surface area contributed by atoms with Gasteiger partial charge in [0.05, 0.1) is 0 Å². The minimum absolute atomic E-state index is 0.264. The van der Waals surface area contributed by atoms with Gasteiger partial charge in [0.25, 0.3) is 0 Å². The maximum atomic E-state index is 12.8. The lowest BCUT2D eigenvalue weighted by molar-refractivity contribution is -0.140. The molecule has 0 saturated carbocycles. The van der Waals surface area contributed by atoms with Gasteiger partial charge in [0.1, 0.15) is 0 Å². The largest absolute Gasteiger partial charge is 0.342 e. The molecule has 2 heterocycles. The van der Waals surface area contributed by atoms with Crippen LogP contribution in [-0.4, -0.2) is 36.5 Å². The first-order chi connectivity index (χ1) is 9.69. The zero-order valence-electron chi connectivity index (χ0n) is 12.7. The van der Waals surface area contributed by atoms with E-state index in [-0.39, 0.29) is 5.92 Å². The first-order valence-electron chi connectivity index (χ1n) is 8.36. The molecule has 0 radical (unpaired) electrons. The summed E-state index contributed by atoms with van der Waals surface area (Å²) in [5.41, 5.74) is 0.404. The number of nitrogens with one attached hydrogen (secondary N) is 1. The summed E-state index contributed by atoms with van der Waals surface area (Å²) in [6, 6.07) is 0.495. The summed E-state index contributed by atoms with van der Waals surface area (Å²) in [5.74, 6) is 0.701. The van der Waals surface area contributed by atoms with Crippen molar-refractivity contribution in [3.05, 3.63) is 12.2 Å². The summed E-state index contributed by atoms with van der Waals surface area (Å²) < 4.78 is 0. The van der Waals surface area contributed by atoms with Crippen LogP contribution < -0.4 is 5.32 Å². The maximum absolute atomic E-state index is 12.8. The number of nitrogens with zero attached hydrogens (tertiary/aromatic N) is 1. The summed E-state index contributed by atoms with van der Waals surface area (Å²) in [5, 5.41) is 3.45. The van der Waals surface area contributed by atoms with Crippen LogP contribution in [0, 0.1) is 11.3 Å². The van der Waals surface area contributed by atoms with Crippen molar-refractivity contribution in [2.45, 2.75) is 57.9 Å². The van der Waals surface area contributed by atoms with E-state index < -0.39 is 0 Å². The monoisotopic (exact) mass is 276 g/mol. The van der Waals surface area contributed by atoms with Crippen molar-refractivity contribution >= 4 is 5.91 Å². The second-order valence-electron chi connectivity index (χ2n) is 7.15. The van der Waals surface area contributed by atoms with Crippen molar-refractivity contribution in [2.75, 3.05) is 19.6 Å². The molecule has 20 heavy (non-hydrogen) atoms. The third kappa shape index (κ3) is 2.93. The normalized spacial score (nSPS) is 38.1. The van der Waals surface area contributed by atoms with E-state index in [1.165, 1.54) is 32.1 Å². The lowest BCUT2D eigenvalue weighted by atomic mass is 9.71. The van der Waals surface area contributed by atoms with E-state index in [4.69, 9.17) is 0 Å². The van der Waals surface area contributed by atoms with Crippen molar-refractivity contribution in [1.29, 1.82) is 0 Å². The fourth-order valence-corrected chi connectivity index (χ4v) is 4.32. The number of hydrogen-bond donors (Lipinski definition) is 1. The minimum atomic E-state index is 0.264. The standard InChI is InChI=1S/C17H28N2O/c1-14-12-15(6-10-18-14)16(20)19-11-5-9-17(13-19)7-3-2-4-8-17/h2-3,14-15,18H,4-13H2,1H3/t14-,15-,17?/m0/s1. The topological polar surface area (TPSA) is 32.3 Å². The molecular weight excluding hydrogens is 248 g/mol. The van der Waals surface area contributed by atoms with Gasteiger partial charge in [-0.2, -0.15) is 0 Å².